The lowest BCUT2D eigenvalue weighted by molar-refractivity contribution is -0.122. The summed E-state index contributed by atoms with van der Waals surface area (Å²) < 4.78 is 22.5. The number of hydrogen-bond acceptors (Lipinski definition) is 4. The van der Waals surface area contributed by atoms with Crippen LogP contribution in [0.15, 0.2) is 53.4 Å². The quantitative estimate of drug-likeness (QED) is 0.755. The Morgan fingerprint density at radius 1 is 1.19 bits per heavy atom. The molecule has 0 unspecified atom stereocenters. The summed E-state index contributed by atoms with van der Waals surface area (Å²) in [6.45, 7) is 0.853. The maximum absolute atomic E-state index is 12.2. The van der Waals surface area contributed by atoms with Gasteiger partial charge in [0.25, 0.3) is 0 Å². The third-order valence-electron chi connectivity index (χ3n) is 5.01. The van der Waals surface area contributed by atoms with Gasteiger partial charge < -0.3 is 5.32 Å². The van der Waals surface area contributed by atoms with Crippen molar-refractivity contribution in [1.29, 1.82) is 0 Å². The molecule has 0 bridgehead atoms. The predicted octanol–water partition coefficient (Wildman–Crippen LogP) is 1.61. The van der Waals surface area contributed by atoms with Gasteiger partial charge in [-0.05, 0) is 55.1 Å². The van der Waals surface area contributed by atoms with E-state index < -0.39 is 10.0 Å². The van der Waals surface area contributed by atoms with Crippen molar-refractivity contribution in [3.63, 3.8) is 0 Å². The lowest BCUT2D eigenvalue weighted by Crippen LogP contribution is -2.37. The molecule has 2 aromatic carbocycles. The number of nitrogens with zero attached hydrogens (tertiary/aromatic N) is 1. The van der Waals surface area contributed by atoms with E-state index in [9.17, 15) is 13.2 Å². The summed E-state index contributed by atoms with van der Waals surface area (Å²) in [6.07, 6.45) is 2.73. The molecular formula is C20H25N3O3S. The van der Waals surface area contributed by atoms with E-state index in [1.54, 1.807) is 12.1 Å². The largest absolute Gasteiger partial charge is 0.355 e. The Balaban J connectivity index is 1.46. The molecule has 144 valence electrons. The van der Waals surface area contributed by atoms with Crippen LogP contribution >= 0.6 is 0 Å². The molecule has 3 rings (SSSR count). The van der Waals surface area contributed by atoms with E-state index in [1.807, 2.05) is 13.1 Å². The Bertz CT molecular complexity index is 910. The number of amides is 1. The molecule has 6 nitrogen and oxygen atoms in total. The van der Waals surface area contributed by atoms with Gasteiger partial charge in [0.2, 0.25) is 15.9 Å². The van der Waals surface area contributed by atoms with E-state index >= 15 is 0 Å². The molecule has 1 amide bonds. The second-order valence-corrected chi connectivity index (χ2v) is 8.52. The molecule has 2 aromatic rings. The topological polar surface area (TPSA) is 92.5 Å². The number of likely N-dealkylation sites (N-methyl/N-ethyl adjacent to an activating group) is 1. The summed E-state index contributed by atoms with van der Waals surface area (Å²) in [5.74, 6) is -0.0111. The van der Waals surface area contributed by atoms with Crippen molar-refractivity contribution >= 4 is 15.9 Å². The average Bonchev–Trinajstić information content (AvgIpc) is 3.05. The molecular weight excluding hydrogens is 362 g/mol. The Kier molecular flexibility index (Phi) is 5.94. The van der Waals surface area contributed by atoms with Crippen LogP contribution in [0.1, 0.15) is 29.2 Å². The first-order valence-corrected chi connectivity index (χ1v) is 10.6. The first kappa shape index (κ1) is 19.5. The van der Waals surface area contributed by atoms with Crippen molar-refractivity contribution < 1.29 is 13.2 Å². The van der Waals surface area contributed by atoms with Gasteiger partial charge in [-0.2, -0.15) is 0 Å². The Morgan fingerprint density at radius 2 is 1.89 bits per heavy atom. The van der Waals surface area contributed by atoms with E-state index in [-0.39, 0.29) is 16.8 Å². The van der Waals surface area contributed by atoms with Gasteiger partial charge in [-0.15, -0.1) is 0 Å². The molecule has 1 aliphatic carbocycles. The molecule has 0 aromatic heterocycles. The molecule has 0 fully saturated rings. The van der Waals surface area contributed by atoms with Gasteiger partial charge in [-0.25, -0.2) is 13.6 Å². The standard InChI is InChI=1S/C20H25N3O3S/c1-23(19-11-8-16-4-2-3-5-18(16)19)14-20(24)22-13-12-15-6-9-17(10-7-15)27(21,25)26/h2-7,9-10,19H,8,11-14H2,1H3,(H,22,24)(H2,21,25,26)/t19-/m0/s1. The Hall–Kier alpha value is -2.22. The van der Waals surface area contributed by atoms with Crippen LogP contribution in [0.3, 0.4) is 0 Å². The lowest BCUT2D eigenvalue weighted by atomic mass is 10.1. The molecule has 0 saturated heterocycles. The van der Waals surface area contributed by atoms with Gasteiger partial charge in [0, 0.05) is 12.6 Å². The number of carbonyl (C=O) groups excluding carboxylic acids is 1. The van der Waals surface area contributed by atoms with Crippen LogP contribution in [-0.4, -0.2) is 39.4 Å². The zero-order valence-electron chi connectivity index (χ0n) is 15.4. The van der Waals surface area contributed by atoms with Crippen LogP contribution in [0, 0.1) is 0 Å². The molecule has 1 atom stereocenters. The van der Waals surface area contributed by atoms with Crippen molar-refractivity contribution in [3.05, 3.63) is 65.2 Å². The molecule has 3 N–H and O–H groups in total. The average molecular weight is 388 g/mol. The Labute approximate surface area is 160 Å². The molecule has 7 heteroatoms. The van der Waals surface area contributed by atoms with Gasteiger partial charge in [0.05, 0.1) is 11.4 Å². The number of nitrogens with two attached hydrogens (primary N) is 1. The molecule has 0 heterocycles. The number of sulfonamides is 1. The summed E-state index contributed by atoms with van der Waals surface area (Å²) >= 11 is 0. The third-order valence-corrected chi connectivity index (χ3v) is 5.94. The Morgan fingerprint density at radius 3 is 2.59 bits per heavy atom. The third kappa shape index (κ3) is 4.94. The van der Waals surface area contributed by atoms with Gasteiger partial charge in [0.1, 0.15) is 0 Å². The van der Waals surface area contributed by atoms with Gasteiger partial charge >= 0.3 is 0 Å². The second kappa shape index (κ2) is 8.21. The van der Waals surface area contributed by atoms with E-state index in [4.69, 9.17) is 5.14 Å². The van der Waals surface area contributed by atoms with E-state index in [2.05, 4.69) is 28.4 Å². The first-order chi connectivity index (χ1) is 12.8. The van der Waals surface area contributed by atoms with Gasteiger partial charge in [-0.3, -0.25) is 9.69 Å². The number of fused-ring (bicyclic) bond motifs is 1. The highest BCUT2D eigenvalue weighted by atomic mass is 32.2. The number of benzene rings is 2. The fourth-order valence-electron chi connectivity index (χ4n) is 3.58. The summed E-state index contributed by atoms with van der Waals surface area (Å²) in [5, 5.41) is 8.02. The molecule has 27 heavy (non-hydrogen) atoms. The van der Waals surface area contributed by atoms with Crippen LogP contribution < -0.4 is 10.5 Å². The minimum absolute atomic E-state index is 0.0111. The number of nitrogens with one attached hydrogen (secondary N) is 1. The normalized spacial score (nSPS) is 16.3. The number of rotatable bonds is 7. The van der Waals surface area contributed by atoms with Crippen LogP contribution in [0.5, 0.6) is 0 Å². The van der Waals surface area contributed by atoms with Crippen molar-refractivity contribution in [2.45, 2.75) is 30.2 Å². The monoisotopic (exact) mass is 387 g/mol. The maximum Gasteiger partial charge on any atom is 0.238 e. The fourth-order valence-corrected chi connectivity index (χ4v) is 4.09. The number of primary sulfonamides is 1. The molecule has 0 saturated carbocycles. The smallest absolute Gasteiger partial charge is 0.238 e. The predicted molar refractivity (Wildman–Crippen MR) is 105 cm³/mol. The number of hydrogen-bond donors (Lipinski definition) is 2. The van der Waals surface area contributed by atoms with Crippen LogP contribution in [0.25, 0.3) is 0 Å². The molecule has 0 radical (unpaired) electrons. The SMILES string of the molecule is CN(CC(=O)NCCc1ccc(S(N)(=O)=O)cc1)[C@H]1CCc2ccccc21. The summed E-state index contributed by atoms with van der Waals surface area (Å²) in [7, 11) is -1.69. The zero-order chi connectivity index (χ0) is 19.4. The lowest BCUT2D eigenvalue weighted by Gasteiger charge is -2.24. The molecule has 1 aliphatic rings. The highest BCUT2D eigenvalue weighted by Gasteiger charge is 2.26. The van der Waals surface area contributed by atoms with E-state index in [0.717, 1.165) is 18.4 Å². The first-order valence-electron chi connectivity index (χ1n) is 9.01. The minimum Gasteiger partial charge on any atom is -0.355 e. The number of aryl methyl sites for hydroxylation is 1. The number of carbonyl (C=O) groups is 1. The van der Waals surface area contributed by atoms with E-state index in [1.165, 1.54) is 23.3 Å². The minimum atomic E-state index is -3.67. The van der Waals surface area contributed by atoms with Crippen molar-refractivity contribution in [1.82, 2.24) is 10.2 Å². The van der Waals surface area contributed by atoms with Crippen molar-refractivity contribution in [2.75, 3.05) is 20.1 Å². The summed E-state index contributed by atoms with van der Waals surface area (Å²) in [5.41, 5.74) is 3.64. The van der Waals surface area contributed by atoms with Gasteiger partial charge in [-0.1, -0.05) is 36.4 Å². The second-order valence-electron chi connectivity index (χ2n) is 6.96. The van der Waals surface area contributed by atoms with Crippen LogP contribution in [-0.2, 0) is 27.7 Å². The summed E-state index contributed by atoms with van der Waals surface area (Å²) in [4.78, 5) is 14.4. The fraction of sp³-hybridized carbons (Fsp3) is 0.350. The van der Waals surface area contributed by atoms with Crippen LogP contribution in [0.2, 0.25) is 0 Å². The van der Waals surface area contributed by atoms with Crippen molar-refractivity contribution in [3.8, 4) is 0 Å². The van der Waals surface area contributed by atoms with E-state index in [0.29, 0.717) is 19.5 Å². The highest BCUT2D eigenvalue weighted by Crippen LogP contribution is 2.34. The highest BCUT2D eigenvalue weighted by molar-refractivity contribution is 7.89. The zero-order valence-corrected chi connectivity index (χ0v) is 16.2. The maximum atomic E-state index is 12.2. The van der Waals surface area contributed by atoms with Crippen molar-refractivity contribution in [2.24, 2.45) is 5.14 Å². The molecule has 0 spiro atoms. The summed E-state index contributed by atoms with van der Waals surface area (Å²) in [6, 6.07) is 15.1. The van der Waals surface area contributed by atoms with Gasteiger partial charge in [0.15, 0.2) is 0 Å². The van der Waals surface area contributed by atoms with Crippen LogP contribution in [0.4, 0.5) is 0 Å². The molecule has 0 aliphatic heterocycles.